The van der Waals surface area contributed by atoms with E-state index in [4.69, 9.17) is 0 Å². The van der Waals surface area contributed by atoms with Gasteiger partial charge in [0.1, 0.15) is 11.4 Å². The Labute approximate surface area is 72.3 Å². The highest BCUT2D eigenvalue weighted by Gasteiger charge is 2.02. The zero-order chi connectivity index (χ0) is 8.81. The van der Waals surface area contributed by atoms with Crippen molar-refractivity contribution in [3.05, 3.63) is 11.4 Å². The molecule has 68 valence electrons. The van der Waals surface area contributed by atoms with Crippen LogP contribution in [0.15, 0.2) is 4.63 Å². The summed E-state index contributed by atoms with van der Waals surface area (Å²) in [6, 6.07) is 0. The lowest BCUT2D eigenvalue weighted by atomic mass is 10.2. The van der Waals surface area contributed by atoms with Crippen LogP contribution in [-0.2, 0) is 6.42 Å². The van der Waals surface area contributed by atoms with E-state index >= 15 is 0 Å². The van der Waals surface area contributed by atoms with Gasteiger partial charge in [0.2, 0.25) is 0 Å². The first kappa shape index (κ1) is 9.19. The van der Waals surface area contributed by atoms with E-state index in [-0.39, 0.29) is 0 Å². The molecule has 0 amide bonds. The third-order valence-corrected chi connectivity index (χ3v) is 1.71. The highest BCUT2D eigenvalue weighted by molar-refractivity contribution is 5.04. The molecule has 0 aliphatic carbocycles. The van der Waals surface area contributed by atoms with Gasteiger partial charge in [-0.3, -0.25) is 0 Å². The van der Waals surface area contributed by atoms with Crippen LogP contribution < -0.4 is 5.32 Å². The van der Waals surface area contributed by atoms with Crippen LogP contribution in [0.1, 0.15) is 24.7 Å². The Kier molecular flexibility index (Phi) is 3.73. The summed E-state index contributed by atoms with van der Waals surface area (Å²) in [4.78, 5) is 0. The van der Waals surface area contributed by atoms with E-state index in [1.807, 2.05) is 6.92 Å². The molecule has 0 aromatic carbocycles. The molecule has 0 atom stereocenters. The summed E-state index contributed by atoms with van der Waals surface area (Å²) in [5.41, 5.74) is 1.85. The van der Waals surface area contributed by atoms with Crippen molar-refractivity contribution in [2.24, 2.45) is 0 Å². The van der Waals surface area contributed by atoms with Gasteiger partial charge in [-0.15, -0.1) is 0 Å². The Bertz CT molecular complexity index is 222. The second-order valence-corrected chi connectivity index (χ2v) is 2.80. The lowest BCUT2D eigenvalue weighted by Crippen LogP contribution is -2.18. The molecule has 0 saturated carbocycles. The second kappa shape index (κ2) is 4.87. The molecule has 0 aliphatic rings. The van der Waals surface area contributed by atoms with E-state index in [1.54, 1.807) is 0 Å². The summed E-state index contributed by atoms with van der Waals surface area (Å²) in [5, 5.41) is 10.8. The maximum Gasteiger partial charge on any atom is 0.109 e. The second-order valence-electron chi connectivity index (χ2n) is 2.80. The molecular formula is C8H15N3O. The highest BCUT2D eigenvalue weighted by Crippen LogP contribution is 1.99. The first-order valence-corrected chi connectivity index (χ1v) is 4.33. The van der Waals surface area contributed by atoms with E-state index in [9.17, 15) is 0 Å². The molecule has 1 aromatic heterocycles. The molecule has 4 nitrogen and oxygen atoms in total. The molecule has 0 unspecified atom stereocenters. The van der Waals surface area contributed by atoms with Crippen LogP contribution >= 0.6 is 0 Å². The molecule has 0 fully saturated rings. The minimum Gasteiger partial charge on any atom is -0.316 e. The first-order chi connectivity index (χ1) is 5.84. The molecule has 4 heteroatoms. The molecule has 1 rings (SSSR count). The van der Waals surface area contributed by atoms with Gasteiger partial charge in [0, 0.05) is 13.0 Å². The molecule has 0 saturated heterocycles. The molecule has 12 heavy (non-hydrogen) atoms. The third kappa shape index (κ3) is 2.62. The number of hydrogen-bond donors (Lipinski definition) is 1. The van der Waals surface area contributed by atoms with E-state index in [2.05, 4.69) is 27.2 Å². The normalized spacial score (nSPS) is 10.5. The van der Waals surface area contributed by atoms with Crippen LogP contribution in [0.25, 0.3) is 0 Å². The minimum absolute atomic E-state index is 0.897. The van der Waals surface area contributed by atoms with Crippen molar-refractivity contribution in [2.45, 2.75) is 26.7 Å². The number of hydrogen-bond acceptors (Lipinski definition) is 4. The fraction of sp³-hybridized carbons (Fsp3) is 0.750. The van der Waals surface area contributed by atoms with Crippen LogP contribution in [-0.4, -0.2) is 23.4 Å². The number of rotatable bonds is 5. The average molecular weight is 169 g/mol. The van der Waals surface area contributed by atoms with Crippen molar-refractivity contribution in [1.82, 2.24) is 15.6 Å². The van der Waals surface area contributed by atoms with Crippen LogP contribution in [0.4, 0.5) is 0 Å². The lowest BCUT2D eigenvalue weighted by Gasteiger charge is -1.99. The largest absolute Gasteiger partial charge is 0.316 e. The topological polar surface area (TPSA) is 51.0 Å². The SMILES string of the molecule is CCCNCCc1nonc1C. The van der Waals surface area contributed by atoms with E-state index in [0.29, 0.717) is 0 Å². The van der Waals surface area contributed by atoms with Gasteiger partial charge in [0.05, 0.1) is 0 Å². The van der Waals surface area contributed by atoms with E-state index in [0.717, 1.165) is 37.3 Å². The quantitative estimate of drug-likeness (QED) is 0.666. The highest BCUT2D eigenvalue weighted by atomic mass is 16.6. The summed E-state index contributed by atoms with van der Waals surface area (Å²) in [6.07, 6.45) is 2.06. The Morgan fingerprint density at radius 2 is 2.17 bits per heavy atom. The van der Waals surface area contributed by atoms with Crippen molar-refractivity contribution in [2.75, 3.05) is 13.1 Å². The van der Waals surface area contributed by atoms with Gasteiger partial charge in [0.15, 0.2) is 0 Å². The lowest BCUT2D eigenvalue weighted by molar-refractivity contribution is 0.301. The predicted octanol–water partition coefficient (Wildman–Crippen LogP) is 0.920. The molecule has 1 N–H and O–H groups in total. The molecular weight excluding hydrogens is 154 g/mol. The number of nitrogens with zero attached hydrogens (tertiary/aromatic N) is 2. The van der Waals surface area contributed by atoms with Crippen LogP contribution in [0.5, 0.6) is 0 Å². The molecule has 1 aromatic rings. The van der Waals surface area contributed by atoms with E-state index < -0.39 is 0 Å². The summed E-state index contributed by atoms with van der Waals surface area (Å²) in [5.74, 6) is 0. The van der Waals surface area contributed by atoms with Gasteiger partial charge >= 0.3 is 0 Å². The fourth-order valence-corrected chi connectivity index (χ4v) is 0.985. The van der Waals surface area contributed by atoms with Gasteiger partial charge < -0.3 is 5.32 Å². The fourth-order valence-electron chi connectivity index (χ4n) is 0.985. The summed E-state index contributed by atoms with van der Waals surface area (Å²) in [7, 11) is 0. The maximum absolute atomic E-state index is 4.57. The standard InChI is InChI=1S/C8H15N3O/c1-3-5-9-6-4-8-7(2)10-12-11-8/h9H,3-6H2,1-2H3. The molecule has 0 radical (unpaired) electrons. The first-order valence-electron chi connectivity index (χ1n) is 4.33. The summed E-state index contributed by atoms with van der Waals surface area (Å²) >= 11 is 0. The monoisotopic (exact) mass is 169 g/mol. The third-order valence-electron chi connectivity index (χ3n) is 1.71. The molecule has 0 bridgehead atoms. The predicted molar refractivity (Wildman–Crippen MR) is 45.9 cm³/mol. The van der Waals surface area contributed by atoms with Gasteiger partial charge in [-0.1, -0.05) is 17.2 Å². The summed E-state index contributed by atoms with van der Waals surface area (Å²) < 4.78 is 4.57. The van der Waals surface area contributed by atoms with Gasteiger partial charge in [0.25, 0.3) is 0 Å². The Morgan fingerprint density at radius 3 is 2.75 bits per heavy atom. The van der Waals surface area contributed by atoms with Crippen molar-refractivity contribution in [3.63, 3.8) is 0 Å². The van der Waals surface area contributed by atoms with Gasteiger partial charge in [-0.2, -0.15) is 0 Å². The maximum atomic E-state index is 4.57. The van der Waals surface area contributed by atoms with Crippen LogP contribution in [0.3, 0.4) is 0 Å². The summed E-state index contributed by atoms with van der Waals surface area (Å²) in [6.45, 7) is 6.06. The Morgan fingerprint density at radius 1 is 1.33 bits per heavy atom. The smallest absolute Gasteiger partial charge is 0.109 e. The van der Waals surface area contributed by atoms with Gasteiger partial charge in [-0.05, 0) is 19.9 Å². The molecule has 1 heterocycles. The zero-order valence-electron chi connectivity index (χ0n) is 7.63. The van der Waals surface area contributed by atoms with Crippen LogP contribution in [0.2, 0.25) is 0 Å². The van der Waals surface area contributed by atoms with Gasteiger partial charge in [-0.25, -0.2) is 4.63 Å². The molecule has 0 aliphatic heterocycles. The van der Waals surface area contributed by atoms with Crippen LogP contribution in [0, 0.1) is 6.92 Å². The Hall–Kier alpha value is -0.900. The Balaban J connectivity index is 2.20. The number of nitrogens with one attached hydrogen (secondary N) is 1. The average Bonchev–Trinajstić information content (AvgIpc) is 2.46. The molecule has 0 spiro atoms. The zero-order valence-corrected chi connectivity index (χ0v) is 7.63. The van der Waals surface area contributed by atoms with Crippen molar-refractivity contribution in [1.29, 1.82) is 0 Å². The van der Waals surface area contributed by atoms with Crippen molar-refractivity contribution in [3.8, 4) is 0 Å². The minimum atomic E-state index is 0.897. The van der Waals surface area contributed by atoms with Crippen molar-refractivity contribution >= 4 is 0 Å². The van der Waals surface area contributed by atoms with Crippen molar-refractivity contribution < 1.29 is 4.63 Å². The van der Waals surface area contributed by atoms with E-state index in [1.165, 1.54) is 0 Å². The number of aromatic nitrogens is 2. The number of aryl methyl sites for hydroxylation is 1.